The molecule has 7 nitrogen and oxygen atoms in total. The van der Waals surface area contributed by atoms with Gasteiger partial charge in [0.2, 0.25) is 5.82 Å². The Labute approximate surface area is 173 Å². The van der Waals surface area contributed by atoms with E-state index in [1.807, 2.05) is 9.58 Å². The molecule has 0 amide bonds. The molecule has 0 spiro atoms. The summed E-state index contributed by atoms with van der Waals surface area (Å²) in [4.78, 5) is 3.43. The second-order valence-electron chi connectivity index (χ2n) is 9.00. The fraction of sp³-hybridized carbons (Fsp3) is 0.682. The minimum atomic E-state index is 0.192. The molecule has 2 aromatic rings. The summed E-state index contributed by atoms with van der Waals surface area (Å²) in [5, 5.41) is 13.0. The fourth-order valence-corrected chi connectivity index (χ4v) is 5.67. The molecule has 1 saturated carbocycles. The zero-order valence-electron chi connectivity index (χ0n) is 17.3. The van der Waals surface area contributed by atoms with Crippen molar-refractivity contribution in [3.8, 4) is 0 Å². The van der Waals surface area contributed by atoms with Crippen LogP contribution in [0.25, 0.3) is 0 Å². The van der Waals surface area contributed by atoms with Gasteiger partial charge in [-0.05, 0) is 49.0 Å². The molecule has 5 rings (SSSR count). The molecule has 2 aliphatic heterocycles. The lowest BCUT2D eigenvalue weighted by Crippen LogP contribution is -3.29. The second-order valence-corrected chi connectivity index (χ2v) is 9.00. The highest BCUT2D eigenvalue weighted by molar-refractivity contribution is 5.22. The summed E-state index contributed by atoms with van der Waals surface area (Å²) in [6, 6.07) is 11.9. The van der Waals surface area contributed by atoms with Crippen LogP contribution >= 0.6 is 0 Å². The molecule has 0 bridgehead atoms. The molecule has 156 valence electrons. The monoisotopic (exact) mass is 398 g/mol. The van der Waals surface area contributed by atoms with Crippen LogP contribution in [0.3, 0.4) is 0 Å². The van der Waals surface area contributed by atoms with Gasteiger partial charge in [0.1, 0.15) is 26.2 Å². The van der Waals surface area contributed by atoms with E-state index in [4.69, 9.17) is 4.74 Å². The number of hydrogen-bond acceptors (Lipinski definition) is 4. The minimum absolute atomic E-state index is 0.192. The van der Waals surface area contributed by atoms with Crippen molar-refractivity contribution in [1.82, 2.24) is 20.2 Å². The van der Waals surface area contributed by atoms with Gasteiger partial charge in [-0.15, -0.1) is 5.10 Å². The van der Waals surface area contributed by atoms with Crippen molar-refractivity contribution in [1.29, 1.82) is 0 Å². The zero-order valence-corrected chi connectivity index (χ0v) is 17.3. The maximum Gasteiger partial charge on any atom is 0.214 e. The summed E-state index contributed by atoms with van der Waals surface area (Å²) in [6.07, 6.45) is 8.18. The van der Waals surface area contributed by atoms with Crippen molar-refractivity contribution >= 4 is 0 Å². The Hall–Kier alpha value is -1.83. The maximum atomic E-state index is 5.86. The first-order valence-electron chi connectivity index (χ1n) is 11.5. The van der Waals surface area contributed by atoms with E-state index in [1.54, 1.807) is 4.90 Å². The number of nitrogens with one attached hydrogen (secondary N) is 2. The topological polar surface area (TPSA) is 61.7 Å². The minimum Gasteiger partial charge on any atom is -0.376 e. The van der Waals surface area contributed by atoms with Crippen molar-refractivity contribution in [2.75, 3.05) is 32.8 Å². The molecule has 3 fully saturated rings. The lowest BCUT2D eigenvalue weighted by atomic mass is 10.0. The van der Waals surface area contributed by atoms with Gasteiger partial charge in [0.15, 0.2) is 6.04 Å². The Morgan fingerprint density at radius 2 is 1.79 bits per heavy atom. The number of nitrogens with zero attached hydrogens (tertiary/aromatic N) is 4. The number of benzene rings is 1. The third kappa shape index (κ3) is 4.22. The van der Waals surface area contributed by atoms with Crippen LogP contribution < -0.4 is 9.80 Å². The SMILES string of the molecule is c1ccc([C@@H](c2nnnn2C[C@@H]2CCCO2)[NH+]2CC[NH+](C3CCCC3)CC2)cc1. The highest BCUT2D eigenvalue weighted by Crippen LogP contribution is 2.20. The number of ether oxygens (including phenoxy) is 1. The van der Waals surface area contributed by atoms with Crippen molar-refractivity contribution in [3.05, 3.63) is 41.7 Å². The van der Waals surface area contributed by atoms with Crippen molar-refractivity contribution in [2.45, 2.75) is 63.3 Å². The van der Waals surface area contributed by atoms with Gasteiger partial charge in [-0.3, -0.25) is 0 Å². The Bertz CT molecular complexity index is 761. The molecular weight excluding hydrogens is 364 g/mol. The van der Waals surface area contributed by atoms with Gasteiger partial charge < -0.3 is 14.5 Å². The predicted octanol–water partition coefficient (Wildman–Crippen LogP) is -0.332. The zero-order chi connectivity index (χ0) is 19.5. The number of tetrazole rings is 1. The van der Waals surface area contributed by atoms with E-state index in [9.17, 15) is 0 Å². The van der Waals surface area contributed by atoms with Crippen LogP contribution in [0.5, 0.6) is 0 Å². The van der Waals surface area contributed by atoms with Gasteiger partial charge in [-0.1, -0.05) is 30.3 Å². The second kappa shape index (κ2) is 8.90. The molecule has 29 heavy (non-hydrogen) atoms. The summed E-state index contributed by atoms with van der Waals surface area (Å²) in [5.41, 5.74) is 1.32. The molecular formula is C22H34N6O+2. The van der Waals surface area contributed by atoms with E-state index < -0.39 is 0 Å². The first-order chi connectivity index (χ1) is 14.4. The van der Waals surface area contributed by atoms with Crippen LogP contribution in [0.15, 0.2) is 30.3 Å². The lowest BCUT2D eigenvalue weighted by molar-refractivity contribution is -1.03. The maximum absolute atomic E-state index is 5.86. The number of rotatable bonds is 6. The number of piperazine rings is 1. The molecule has 0 unspecified atom stereocenters. The molecule has 3 heterocycles. The highest BCUT2D eigenvalue weighted by atomic mass is 16.5. The summed E-state index contributed by atoms with van der Waals surface area (Å²) in [7, 11) is 0. The van der Waals surface area contributed by atoms with E-state index in [0.29, 0.717) is 0 Å². The van der Waals surface area contributed by atoms with E-state index in [0.717, 1.165) is 37.9 Å². The Balaban J connectivity index is 1.36. The van der Waals surface area contributed by atoms with Gasteiger partial charge in [0.25, 0.3) is 0 Å². The molecule has 2 saturated heterocycles. The van der Waals surface area contributed by atoms with Crippen LogP contribution in [0.2, 0.25) is 0 Å². The molecule has 0 radical (unpaired) electrons. The standard InChI is InChI=1S/C22H32N6O/c1-2-7-18(8-3-1)21(22-23-24-25-28(22)17-20-11-6-16-29-20)27-14-12-26(13-15-27)19-9-4-5-10-19/h1-3,7-8,19-21H,4-6,9-17H2/p+2/t20-,21-/m0/s1. The summed E-state index contributed by atoms with van der Waals surface area (Å²) < 4.78 is 7.87. The average molecular weight is 399 g/mol. The van der Waals surface area contributed by atoms with Crippen molar-refractivity contribution < 1.29 is 14.5 Å². The van der Waals surface area contributed by atoms with E-state index in [2.05, 4.69) is 45.9 Å². The first kappa shape index (κ1) is 19.2. The lowest BCUT2D eigenvalue weighted by Gasteiger charge is -2.36. The molecule has 2 atom stereocenters. The third-order valence-corrected chi connectivity index (χ3v) is 7.23. The number of hydrogen-bond donors (Lipinski definition) is 2. The van der Waals surface area contributed by atoms with Crippen LogP contribution in [0, 0.1) is 0 Å². The van der Waals surface area contributed by atoms with Gasteiger partial charge >= 0.3 is 0 Å². The summed E-state index contributed by atoms with van der Waals surface area (Å²) in [6.45, 7) is 6.50. The highest BCUT2D eigenvalue weighted by Gasteiger charge is 2.38. The van der Waals surface area contributed by atoms with Crippen molar-refractivity contribution in [3.63, 3.8) is 0 Å². The fourth-order valence-electron chi connectivity index (χ4n) is 5.67. The molecule has 1 aromatic carbocycles. The Morgan fingerprint density at radius 1 is 1.00 bits per heavy atom. The van der Waals surface area contributed by atoms with Gasteiger partial charge in [0.05, 0.1) is 18.7 Å². The average Bonchev–Trinajstić information content (AvgIpc) is 3.54. The largest absolute Gasteiger partial charge is 0.376 e. The summed E-state index contributed by atoms with van der Waals surface area (Å²) >= 11 is 0. The smallest absolute Gasteiger partial charge is 0.214 e. The van der Waals surface area contributed by atoms with Crippen LogP contribution in [0.1, 0.15) is 56.0 Å². The first-order valence-corrected chi connectivity index (χ1v) is 11.5. The molecule has 1 aliphatic carbocycles. The molecule has 7 heteroatoms. The number of quaternary nitrogens is 2. The Morgan fingerprint density at radius 3 is 2.52 bits per heavy atom. The normalized spacial score (nSPS) is 29.3. The Kier molecular flexibility index (Phi) is 5.88. The van der Waals surface area contributed by atoms with Crippen LogP contribution in [-0.4, -0.2) is 65.1 Å². The van der Waals surface area contributed by atoms with Gasteiger partial charge in [0, 0.05) is 12.2 Å². The van der Waals surface area contributed by atoms with E-state index in [1.165, 1.54) is 57.4 Å². The van der Waals surface area contributed by atoms with Crippen molar-refractivity contribution in [2.24, 2.45) is 0 Å². The van der Waals surface area contributed by atoms with E-state index >= 15 is 0 Å². The van der Waals surface area contributed by atoms with E-state index in [-0.39, 0.29) is 12.1 Å². The third-order valence-electron chi connectivity index (χ3n) is 7.23. The van der Waals surface area contributed by atoms with Gasteiger partial charge in [-0.2, -0.15) is 0 Å². The quantitative estimate of drug-likeness (QED) is 0.700. The number of aromatic nitrogens is 4. The predicted molar refractivity (Wildman–Crippen MR) is 109 cm³/mol. The molecule has 2 N–H and O–H groups in total. The van der Waals surface area contributed by atoms with Crippen LogP contribution in [0.4, 0.5) is 0 Å². The summed E-state index contributed by atoms with van der Waals surface area (Å²) in [5.74, 6) is 0.992. The van der Waals surface area contributed by atoms with Gasteiger partial charge in [-0.25, -0.2) is 4.68 Å². The van der Waals surface area contributed by atoms with Crippen LogP contribution in [-0.2, 0) is 11.3 Å². The molecule has 3 aliphatic rings. The molecule has 1 aromatic heterocycles.